The second-order valence-electron chi connectivity index (χ2n) is 5.92. The topological polar surface area (TPSA) is 29.3 Å². The second-order valence-corrected chi connectivity index (χ2v) is 5.92. The summed E-state index contributed by atoms with van der Waals surface area (Å²) >= 11 is 0. The Kier molecular flexibility index (Phi) is 3.68. The summed E-state index contributed by atoms with van der Waals surface area (Å²) in [5.74, 6) is 0.674. The number of hydrogen-bond donors (Lipinski definition) is 1. The van der Waals surface area contributed by atoms with Crippen molar-refractivity contribution in [3.8, 4) is 0 Å². The van der Waals surface area contributed by atoms with Crippen LogP contribution in [0.2, 0.25) is 0 Å². The summed E-state index contributed by atoms with van der Waals surface area (Å²) in [7, 11) is 0. The van der Waals surface area contributed by atoms with Gasteiger partial charge in [-0.05, 0) is 30.7 Å². The van der Waals surface area contributed by atoms with Crippen molar-refractivity contribution in [1.29, 1.82) is 0 Å². The minimum absolute atomic E-state index is 0.674. The molecule has 1 heterocycles. The highest BCUT2D eigenvalue weighted by Crippen LogP contribution is 2.42. The van der Waals surface area contributed by atoms with Gasteiger partial charge in [0, 0.05) is 19.6 Å². The van der Waals surface area contributed by atoms with Crippen LogP contribution in [0.25, 0.3) is 0 Å². The Hall–Kier alpha value is -0.0800. The monoisotopic (exact) mass is 210 g/mol. The normalized spacial score (nSPS) is 28.4. The summed E-state index contributed by atoms with van der Waals surface area (Å²) in [6.45, 7) is 7.04. The highest BCUT2D eigenvalue weighted by atomic mass is 15.2. The van der Waals surface area contributed by atoms with E-state index in [-0.39, 0.29) is 0 Å². The number of nitrogens with zero attached hydrogens (tertiary/aromatic N) is 1. The van der Waals surface area contributed by atoms with Crippen molar-refractivity contribution in [3.05, 3.63) is 0 Å². The second kappa shape index (κ2) is 4.84. The van der Waals surface area contributed by atoms with Crippen molar-refractivity contribution in [2.45, 2.75) is 45.4 Å². The van der Waals surface area contributed by atoms with Gasteiger partial charge in [0.1, 0.15) is 0 Å². The Labute approximate surface area is 94.2 Å². The Balaban J connectivity index is 1.75. The van der Waals surface area contributed by atoms with Crippen molar-refractivity contribution in [2.24, 2.45) is 17.1 Å². The van der Waals surface area contributed by atoms with Crippen LogP contribution in [0.3, 0.4) is 0 Å². The smallest absolute Gasteiger partial charge is 0.00506 e. The largest absolute Gasteiger partial charge is 0.330 e. The maximum atomic E-state index is 5.67. The quantitative estimate of drug-likeness (QED) is 0.774. The van der Waals surface area contributed by atoms with Crippen molar-refractivity contribution in [3.63, 3.8) is 0 Å². The van der Waals surface area contributed by atoms with E-state index in [1.807, 2.05) is 0 Å². The first-order chi connectivity index (χ1) is 7.24. The van der Waals surface area contributed by atoms with Gasteiger partial charge in [0.25, 0.3) is 0 Å². The van der Waals surface area contributed by atoms with E-state index in [4.69, 9.17) is 5.73 Å². The molecule has 1 atom stereocenters. The Bertz CT molecular complexity index is 187. The van der Waals surface area contributed by atoms with Crippen LogP contribution in [0.4, 0.5) is 0 Å². The molecule has 1 aliphatic carbocycles. The molecule has 0 bridgehead atoms. The van der Waals surface area contributed by atoms with Gasteiger partial charge in [-0.1, -0.05) is 32.6 Å². The summed E-state index contributed by atoms with van der Waals surface area (Å²) < 4.78 is 0. The lowest BCUT2D eigenvalue weighted by Crippen LogP contribution is -2.57. The predicted molar refractivity (Wildman–Crippen MR) is 64.8 cm³/mol. The summed E-state index contributed by atoms with van der Waals surface area (Å²) in [4.78, 5) is 2.61. The maximum Gasteiger partial charge on any atom is 0.00506 e. The molecule has 2 heteroatoms. The van der Waals surface area contributed by atoms with Crippen LogP contribution in [0, 0.1) is 11.3 Å². The standard InChI is InChI=1S/C13H26N2/c1-12(8-14)9-15-10-13(11-15)6-4-2-3-5-7-13/h12H,2-11,14H2,1H3. The molecule has 2 nitrogen and oxygen atoms in total. The van der Waals surface area contributed by atoms with Gasteiger partial charge in [-0.3, -0.25) is 0 Å². The van der Waals surface area contributed by atoms with Gasteiger partial charge < -0.3 is 10.6 Å². The number of likely N-dealkylation sites (tertiary alicyclic amines) is 1. The lowest BCUT2D eigenvalue weighted by Gasteiger charge is -2.51. The molecule has 1 spiro atoms. The molecule has 1 aliphatic heterocycles. The Morgan fingerprint density at radius 1 is 1.13 bits per heavy atom. The third-order valence-corrected chi connectivity index (χ3v) is 4.25. The van der Waals surface area contributed by atoms with Crippen molar-refractivity contribution < 1.29 is 0 Å². The fraction of sp³-hybridized carbons (Fsp3) is 1.00. The Morgan fingerprint density at radius 3 is 2.27 bits per heavy atom. The lowest BCUT2D eigenvalue weighted by atomic mass is 9.73. The van der Waals surface area contributed by atoms with E-state index in [0.717, 1.165) is 12.0 Å². The molecule has 2 rings (SSSR count). The van der Waals surface area contributed by atoms with E-state index >= 15 is 0 Å². The molecule has 0 aromatic carbocycles. The first kappa shape index (κ1) is 11.4. The van der Waals surface area contributed by atoms with Crippen LogP contribution in [-0.4, -0.2) is 31.1 Å². The molecule has 0 amide bonds. The van der Waals surface area contributed by atoms with E-state index < -0.39 is 0 Å². The third kappa shape index (κ3) is 2.73. The van der Waals surface area contributed by atoms with Crippen molar-refractivity contribution >= 4 is 0 Å². The lowest BCUT2D eigenvalue weighted by molar-refractivity contribution is -0.0192. The average Bonchev–Trinajstić information content (AvgIpc) is 2.42. The molecule has 0 radical (unpaired) electrons. The SMILES string of the molecule is CC(CN)CN1CC2(CCCCCC2)C1. The molecule has 2 fully saturated rings. The highest BCUT2D eigenvalue weighted by molar-refractivity contribution is 4.95. The Morgan fingerprint density at radius 2 is 1.73 bits per heavy atom. The molecule has 88 valence electrons. The van der Waals surface area contributed by atoms with E-state index in [1.54, 1.807) is 0 Å². The van der Waals surface area contributed by atoms with Crippen molar-refractivity contribution in [2.75, 3.05) is 26.2 Å². The maximum absolute atomic E-state index is 5.67. The van der Waals surface area contributed by atoms with E-state index in [2.05, 4.69) is 11.8 Å². The van der Waals surface area contributed by atoms with Crippen LogP contribution in [0.1, 0.15) is 45.4 Å². The zero-order chi connectivity index (χ0) is 10.7. The van der Waals surface area contributed by atoms with Gasteiger partial charge in [0.2, 0.25) is 0 Å². The predicted octanol–water partition coefficient (Wildman–Crippen LogP) is 2.24. The van der Waals surface area contributed by atoms with Gasteiger partial charge in [-0.25, -0.2) is 0 Å². The molecule has 0 aromatic heterocycles. The molecule has 1 saturated carbocycles. The summed E-state index contributed by atoms with van der Waals surface area (Å²) in [5, 5.41) is 0. The molecule has 1 saturated heterocycles. The minimum Gasteiger partial charge on any atom is -0.330 e. The molecule has 15 heavy (non-hydrogen) atoms. The number of hydrogen-bond acceptors (Lipinski definition) is 2. The van der Waals surface area contributed by atoms with Gasteiger partial charge >= 0.3 is 0 Å². The van der Waals surface area contributed by atoms with Crippen LogP contribution < -0.4 is 5.73 Å². The summed E-state index contributed by atoms with van der Waals surface area (Å²) in [6.07, 6.45) is 8.86. The van der Waals surface area contributed by atoms with E-state index in [1.165, 1.54) is 58.2 Å². The van der Waals surface area contributed by atoms with Gasteiger partial charge in [0.05, 0.1) is 0 Å². The molecular formula is C13H26N2. The van der Waals surface area contributed by atoms with E-state index in [9.17, 15) is 0 Å². The number of nitrogens with two attached hydrogens (primary N) is 1. The van der Waals surface area contributed by atoms with E-state index in [0.29, 0.717) is 5.92 Å². The van der Waals surface area contributed by atoms with Crippen LogP contribution in [0.5, 0.6) is 0 Å². The average molecular weight is 210 g/mol. The molecule has 1 unspecified atom stereocenters. The molecule has 0 aromatic rings. The van der Waals surface area contributed by atoms with Crippen molar-refractivity contribution in [1.82, 2.24) is 4.90 Å². The minimum atomic E-state index is 0.674. The molecular weight excluding hydrogens is 184 g/mol. The number of rotatable bonds is 3. The summed E-state index contributed by atoms with van der Waals surface area (Å²) in [5.41, 5.74) is 6.39. The third-order valence-electron chi connectivity index (χ3n) is 4.25. The van der Waals surface area contributed by atoms with Gasteiger partial charge in [-0.15, -0.1) is 0 Å². The zero-order valence-corrected chi connectivity index (χ0v) is 10.2. The highest BCUT2D eigenvalue weighted by Gasteiger charge is 2.42. The fourth-order valence-electron chi connectivity index (χ4n) is 3.34. The van der Waals surface area contributed by atoms with Gasteiger partial charge in [-0.2, -0.15) is 0 Å². The van der Waals surface area contributed by atoms with Crippen LogP contribution in [-0.2, 0) is 0 Å². The summed E-state index contributed by atoms with van der Waals surface area (Å²) in [6, 6.07) is 0. The molecule has 2 N–H and O–H groups in total. The van der Waals surface area contributed by atoms with Gasteiger partial charge in [0.15, 0.2) is 0 Å². The van der Waals surface area contributed by atoms with Crippen LogP contribution >= 0.6 is 0 Å². The first-order valence-corrected chi connectivity index (χ1v) is 6.66. The van der Waals surface area contributed by atoms with Crippen LogP contribution in [0.15, 0.2) is 0 Å². The fourth-order valence-corrected chi connectivity index (χ4v) is 3.34. The zero-order valence-electron chi connectivity index (χ0n) is 10.2. The first-order valence-electron chi connectivity index (χ1n) is 6.66. The molecule has 2 aliphatic rings.